The van der Waals surface area contributed by atoms with Crippen LogP contribution < -0.4 is 0 Å². The summed E-state index contributed by atoms with van der Waals surface area (Å²) in [6.07, 6.45) is 4.06. The highest BCUT2D eigenvalue weighted by molar-refractivity contribution is 7.97. The molecule has 4 nitrogen and oxygen atoms in total. The largest absolute Gasteiger partial charge is 0.385 e. The molecule has 2 aromatic rings. The Hall–Kier alpha value is -1.30. The van der Waals surface area contributed by atoms with Gasteiger partial charge < -0.3 is 14.1 Å². The summed E-state index contributed by atoms with van der Waals surface area (Å²) in [6.45, 7) is 5.78. The van der Waals surface area contributed by atoms with E-state index in [-0.39, 0.29) is 6.04 Å². The Bertz CT molecular complexity index is 639. The Kier molecular flexibility index (Phi) is 6.06. The first kappa shape index (κ1) is 17.1. The lowest BCUT2D eigenvalue weighted by atomic mass is 10.2. The Morgan fingerprint density at radius 2 is 2.23 bits per heavy atom. The number of fused-ring (bicyclic) bond motifs is 1. The van der Waals surface area contributed by atoms with Gasteiger partial charge in [-0.1, -0.05) is 0 Å². The van der Waals surface area contributed by atoms with Crippen molar-refractivity contribution in [2.75, 3.05) is 27.3 Å². The summed E-state index contributed by atoms with van der Waals surface area (Å²) in [5.74, 6) is 0. The SMILES string of the molecule is COCCCN(C)Sc1ccc2c(c1)c(C)cn2C(C)C=O. The standard InChI is InChI=1S/C17H24N2O2S/c1-13-11-19(14(2)12-20)17-7-6-15(10-16(13)17)22-18(3)8-5-9-21-4/h6-7,10-12,14H,5,8-9H2,1-4H3. The maximum Gasteiger partial charge on any atom is 0.142 e. The Labute approximate surface area is 136 Å². The van der Waals surface area contributed by atoms with E-state index in [1.54, 1.807) is 19.1 Å². The molecule has 22 heavy (non-hydrogen) atoms. The molecule has 2 rings (SSSR count). The number of ether oxygens (including phenoxy) is 1. The van der Waals surface area contributed by atoms with Gasteiger partial charge in [0, 0.05) is 42.3 Å². The monoisotopic (exact) mass is 320 g/mol. The number of aromatic nitrogens is 1. The van der Waals surface area contributed by atoms with Crippen molar-refractivity contribution >= 4 is 29.1 Å². The minimum Gasteiger partial charge on any atom is -0.385 e. The maximum absolute atomic E-state index is 11.1. The molecule has 0 aliphatic heterocycles. The fourth-order valence-corrected chi connectivity index (χ4v) is 3.40. The van der Waals surface area contributed by atoms with E-state index < -0.39 is 0 Å². The summed E-state index contributed by atoms with van der Waals surface area (Å²) in [7, 11) is 3.83. The average molecular weight is 320 g/mol. The highest BCUT2D eigenvalue weighted by Gasteiger charge is 2.11. The summed E-state index contributed by atoms with van der Waals surface area (Å²) >= 11 is 1.74. The van der Waals surface area contributed by atoms with Gasteiger partial charge in [0.15, 0.2) is 0 Å². The number of benzene rings is 1. The van der Waals surface area contributed by atoms with E-state index in [1.165, 1.54) is 15.8 Å². The molecule has 0 amide bonds. The zero-order valence-electron chi connectivity index (χ0n) is 13.7. The number of nitrogens with zero attached hydrogens (tertiary/aromatic N) is 2. The van der Waals surface area contributed by atoms with Gasteiger partial charge in [-0.2, -0.15) is 0 Å². The van der Waals surface area contributed by atoms with Crippen LogP contribution in [0.5, 0.6) is 0 Å². The zero-order chi connectivity index (χ0) is 16.1. The van der Waals surface area contributed by atoms with Crippen molar-refractivity contribution in [2.24, 2.45) is 0 Å². The Morgan fingerprint density at radius 1 is 1.45 bits per heavy atom. The van der Waals surface area contributed by atoms with Crippen molar-refractivity contribution < 1.29 is 9.53 Å². The highest BCUT2D eigenvalue weighted by atomic mass is 32.2. The third-order valence-corrected chi connectivity index (χ3v) is 4.68. The number of aldehydes is 1. The summed E-state index contributed by atoms with van der Waals surface area (Å²) in [6, 6.07) is 6.29. The van der Waals surface area contributed by atoms with Gasteiger partial charge in [0.05, 0.1) is 6.04 Å². The van der Waals surface area contributed by atoms with Gasteiger partial charge in [-0.05, 0) is 63.0 Å². The number of rotatable bonds is 8. The number of aryl methyl sites for hydroxylation is 1. The molecule has 1 unspecified atom stereocenters. The molecule has 0 fully saturated rings. The summed E-state index contributed by atoms with van der Waals surface area (Å²) in [5, 5.41) is 1.21. The van der Waals surface area contributed by atoms with Crippen LogP contribution in [0.1, 0.15) is 24.9 Å². The van der Waals surface area contributed by atoms with Gasteiger partial charge in [-0.15, -0.1) is 0 Å². The molecule has 1 heterocycles. The van der Waals surface area contributed by atoms with E-state index in [0.29, 0.717) is 0 Å². The third kappa shape index (κ3) is 3.91. The number of carbonyl (C=O) groups is 1. The van der Waals surface area contributed by atoms with Crippen LogP contribution in [0.15, 0.2) is 29.3 Å². The topological polar surface area (TPSA) is 34.5 Å². The van der Waals surface area contributed by atoms with Crippen molar-refractivity contribution in [1.29, 1.82) is 0 Å². The molecular weight excluding hydrogens is 296 g/mol. The average Bonchev–Trinajstić information content (AvgIpc) is 2.83. The minimum atomic E-state index is -0.133. The van der Waals surface area contributed by atoms with E-state index in [9.17, 15) is 4.79 Å². The van der Waals surface area contributed by atoms with Gasteiger partial charge in [-0.25, -0.2) is 4.31 Å². The van der Waals surface area contributed by atoms with Crippen LogP contribution in [-0.2, 0) is 9.53 Å². The smallest absolute Gasteiger partial charge is 0.142 e. The number of methoxy groups -OCH3 is 1. The Morgan fingerprint density at radius 3 is 2.91 bits per heavy atom. The molecule has 0 saturated carbocycles. The van der Waals surface area contributed by atoms with Crippen LogP contribution in [-0.4, -0.2) is 42.5 Å². The predicted octanol–water partition coefficient (Wildman–Crippen LogP) is 3.69. The second-order valence-corrected chi connectivity index (χ2v) is 6.84. The normalized spacial score (nSPS) is 13.0. The van der Waals surface area contributed by atoms with Gasteiger partial charge in [0.25, 0.3) is 0 Å². The molecule has 1 atom stereocenters. The fourth-order valence-electron chi connectivity index (χ4n) is 2.52. The van der Waals surface area contributed by atoms with E-state index in [1.807, 2.05) is 11.5 Å². The van der Waals surface area contributed by atoms with Crippen LogP contribution in [0.25, 0.3) is 10.9 Å². The van der Waals surface area contributed by atoms with Gasteiger partial charge in [0.1, 0.15) is 6.29 Å². The second kappa shape index (κ2) is 7.81. The molecule has 0 aliphatic rings. The van der Waals surface area contributed by atoms with E-state index in [4.69, 9.17) is 4.74 Å². The van der Waals surface area contributed by atoms with Crippen molar-refractivity contribution in [3.63, 3.8) is 0 Å². The van der Waals surface area contributed by atoms with Crippen molar-refractivity contribution in [1.82, 2.24) is 8.87 Å². The lowest BCUT2D eigenvalue weighted by Gasteiger charge is -2.15. The van der Waals surface area contributed by atoms with E-state index >= 15 is 0 Å². The van der Waals surface area contributed by atoms with Crippen LogP contribution in [0, 0.1) is 6.92 Å². The quantitative estimate of drug-likeness (QED) is 0.422. The second-order valence-electron chi connectivity index (χ2n) is 5.56. The van der Waals surface area contributed by atoms with Gasteiger partial charge in [0.2, 0.25) is 0 Å². The Balaban J connectivity index is 2.17. The van der Waals surface area contributed by atoms with Gasteiger partial charge in [-0.3, -0.25) is 0 Å². The zero-order valence-corrected chi connectivity index (χ0v) is 14.5. The van der Waals surface area contributed by atoms with Gasteiger partial charge >= 0.3 is 0 Å². The first-order valence-electron chi connectivity index (χ1n) is 7.51. The minimum absolute atomic E-state index is 0.133. The first-order chi connectivity index (χ1) is 10.6. The molecule has 1 aromatic heterocycles. The summed E-state index contributed by atoms with van der Waals surface area (Å²) in [4.78, 5) is 12.3. The predicted molar refractivity (Wildman–Crippen MR) is 92.4 cm³/mol. The van der Waals surface area contributed by atoms with Crippen molar-refractivity contribution in [3.05, 3.63) is 30.0 Å². The lowest BCUT2D eigenvalue weighted by molar-refractivity contribution is -0.110. The molecule has 1 aromatic carbocycles. The number of hydrogen-bond donors (Lipinski definition) is 0. The maximum atomic E-state index is 11.1. The molecule has 0 N–H and O–H groups in total. The molecule has 0 spiro atoms. The third-order valence-electron chi connectivity index (χ3n) is 3.72. The van der Waals surface area contributed by atoms with E-state index in [0.717, 1.165) is 31.4 Å². The summed E-state index contributed by atoms with van der Waals surface area (Å²) in [5.41, 5.74) is 2.32. The molecule has 0 aliphatic carbocycles. The molecular formula is C17H24N2O2S. The van der Waals surface area contributed by atoms with Crippen LogP contribution >= 0.6 is 11.9 Å². The molecule has 0 radical (unpaired) electrons. The van der Waals surface area contributed by atoms with Crippen LogP contribution in [0.2, 0.25) is 0 Å². The first-order valence-corrected chi connectivity index (χ1v) is 8.28. The molecule has 5 heteroatoms. The molecule has 0 saturated heterocycles. The molecule has 120 valence electrons. The number of hydrogen-bond acceptors (Lipinski definition) is 4. The van der Waals surface area contributed by atoms with Crippen LogP contribution in [0.4, 0.5) is 0 Å². The summed E-state index contributed by atoms with van der Waals surface area (Å²) < 4.78 is 9.34. The number of carbonyl (C=O) groups excluding carboxylic acids is 1. The lowest BCUT2D eigenvalue weighted by Crippen LogP contribution is -2.12. The van der Waals surface area contributed by atoms with Crippen molar-refractivity contribution in [2.45, 2.75) is 31.2 Å². The molecule has 0 bridgehead atoms. The van der Waals surface area contributed by atoms with E-state index in [2.05, 4.69) is 42.7 Å². The van der Waals surface area contributed by atoms with Crippen molar-refractivity contribution in [3.8, 4) is 0 Å². The highest BCUT2D eigenvalue weighted by Crippen LogP contribution is 2.29. The fraction of sp³-hybridized carbons (Fsp3) is 0.471. The van der Waals surface area contributed by atoms with Crippen LogP contribution in [0.3, 0.4) is 0 Å².